The molecule has 0 saturated carbocycles. The molecule has 2 rings (SSSR count). The van der Waals surface area contributed by atoms with Crippen LogP contribution in [0.4, 0.5) is 0 Å². The molecule has 0 aromatic heterocycles. The number of rotatable bonds is 6. The number of ketones is 1. The predicted molar refractivity (Wildman–Crippen MR) is 82.9 cm³/mol. The van der Waals surface area contributed by atoms with Crippen molar-refractivity contribution in [3.8, 4) is 0 Å². The van der Waals surface area contributed by atoms with Crippen molar-refractivity contribution in [1.29, 1.82) is 0 Å². The van der Waals surface area contributed by atoms with Gasteiger partial charge < -0.3 is 0 Å². The molecule has 20 heavy (non-hydrogen) atoms. The van der Waals surface area contributed by atoms with Gasteiger partial charge in [-0.15, -0.1) is 0 Å². The van der Waals surface area contributed by atoms with Crippen LogP contribution in [0.15, 0.2) is 60.7 Å². The van der Waals surface area contributed by atoms with Crippen LogP contribution in [0.25, 0.3) is 0 Å². The smallest absolute Gasteiger partial charge is 0.184 e. The van der Waals surface area contributed by atoms with Crippen LogP contribution in [0.3, 0.4) is 0 Å². The molecular weight excluding hydrogens is 246 g/mol. The third-order valence-electron chi connectivity index (χ3n) is 3.60. The van der Waals surface area contributed by atoms with Crippen LogP contribution in [-0.2, 0) is 0 Å². The molecule has 0 radical (unpaired) electrons. The molecule has 0 fully saturated rings. The molecule has 0 aliphatic carbocycles. The van der Waals surface area contributed by atoms with Crippen molar-refractivity contribution in [3.63, 3.8) is 0 Å². The fraction of sp³-hybridized carbons (Fsp3) is 0.278. The minimum atomic E-state index is -0.200. The Bertz CT molecular complexity index is 532. The van der Waals surface area contributed by atoms with Gasteiger partial charge in [-0.05, 0) is 18.7 Å². The lowest BCUT2D eigenvalue weighted by molar-refractivity contribution is 0.0831. The van der Waals surface area contributed by atoms with Crippen LogP contribution in [0.1, 0.15) is 35.8 Å². The Hall–Kier alpha value is -1.93. The van der Waals surface area contributed by atoms with Crippen molar-refractivity contribution in [2.45, 2.75) is 19.9 Å². The Morgan fingerprint density at radius 3 is 1.90 bits per heavy atom. The Balaban J connectivity index is 2.39. The summed E-state index contributed by atoms with van der Waals surface area (Å²) in [7, 11) is 0. The lowest BCUT2D eigenvalue weighted by Crippen LogP contribution is -2.34. The van der Waals surface area contributed by atoms with Crippen LogP contribution >= 0.6 is 0 Å². The minimum Gasteiger partial charge on any atom is -0.292 e. The molecule has 0 N–H and O–H groups in total. The van der Waals surface area contributed by atoms with Crippen molar-refractivity contribution >= 4 is 5.78 Å². The first-order chi connectivity index (χ1) is 9.77. The maximum Gasteiger partial charge on any atom is 0.184 e. The maximum atomic E-state index is 12.9. The lowest BCUT2D eigenvalue weighted by atomic mass is 9.96. The quantitative estimate of drug-likeness (QED) is 0.739. The highest BCUT2D eigenvalue weighted by molar-refractivity contribution is 6.00. The number of Topliss-reactive ketones (excluding diaryl/α,β-unsaturated/α-hetero) is 1. The van der Waals surface area contributed by atoms with Crippen molar-refractivity contribution in [3.05, 3.63) is 71.8 Å². The average molecular weight is 267 g/mol. The van der Waals surface area contributed by atoms with Gasteiger partial charge >= 0.3 is 0 Å². The van der Waals surface area contributed by atoms with E-state index in [2.05, 4.69) is 18.7 Å². The molecule has 104 valence electrons. The summed E-state index contributed by atoms with van der Waals surface area (Å²) < 4.78 is 0. The molecule has 2 aromatic rings. The average Bonchev–Trinajstić information content (AvgIpc) is 2.53. The number of likely N-dealkylation sites (N-methyl/N-ethyl adjacent to an activating group) is 1. The summed E-state index contributed by atoms with van der Waals surface area (Å²) in [6.07, 6.45) is 0. The van der Waals surface area contributed by atoms with Crippen LogP contribution in [0.2, 0.25) is 0 Å². The second-order valence-electron chi connectivity index (χ2n) is 4.76. The fourth-order valence-electron chi connectivity index (χ4n) is 2.51. The normalized spacial score (nSPS) is 12.3. The van der Waals surface area contributed by atoms with E-state index in [1.807, 2.05) is 60.7 Å². The standard InChI is InChI=1S/C18H21NO/c1-3-19(4-2)17(15-11-7-5-8-12-15)18(20)16-13-9-6-10-14-16/h5-14,17H,3-4H2,1-2H3/t17-/m1/s1. The summed E-state index contributed by atoms with van der Waals surface area (Å²) >= 11 is 0. The number of benzene rings is 2. The predicted octanol–water partition coefficient (Wildman–Crippen LogP) is 3.95. The van der Waals surface area contributed by atoms with E-state index in [-0.39, 0.29) is 11.8 Å². The monoisotopic (exact) mass is 267 g/mol. The topological polar surface area (TPSA) is 20.3 Å². The summed E-state index contributed by atoms with van der Waals surface area (Å²) in [5.74, 6) is 0.167. The molecule has 0 heterocycles. The lowest BCUT2D eigenvalue weighted by Gasteiger charge is -2.29. The number of carbonyl (C=O) groups is 1. The number of nitrogens with zero attached hydrogens (tertiary/aromatic N) is 1. The van der Waals surface area contributed by atoms with Gasteiger partial charge in [0.05, 0.1) is 6.04 Å². The van der Waals surface area contributed by atoms with E-state index >= 15 is 0 Å². The summed E-state index contributed by atoms with van der Waals surface area (Å²) in [6, 6.07) is 19.4. The van der Waals surface area contributed by atoms with Gasteiger partial charge in [0, 0.05) is 5.56 Å². The minimum absolute atomic E-state index is 0.167. The molecule has 0 saturated heterocycles. The molecule has 0 aliphatic rings. The molecule has 2 aromatic carbocycles. The van der Waals surface area contributed by atoms with Gasteiger partial charge in [-0.3, -0.25) is 9.69 Å². The van der Waals surface area contributed by atoms with Crippen LogP contribution in [0.5, 0.6) is 0 Å². The molecule has 2 heteroatoms. The fourth-order valence-corrected chi connectivity index (χ4v) is 2.51. The first kappa shape index (κ1) is 14.5. The Morgan fingerprint density at radius 1 is 0.900 bits per heavy atom. The molecule has 1 atom stereocenters. The van der Waals surface area contributed by atoms with Gasteiger partial charge in [0.1, 0.15) is 0 Å². The van der Waals surface area contributed by atoms with Crippen LogP contribution in [-0.4, -0.2) is 23.8 Å². The first-order valence-electron chi connectivity index (χ1n) is 7.16. The van der Waals surface area contributed by atoms with E-state index < -0.39 is 0 Å². The molecule has 0 bridgehead atoms. The molecule has 0 spiro atoms. The largest absolute Gasteiger partial charge is 0.292 e. The third-order valence-corrected chi connectivity index (χ3v) is 3.60. The van der Waals surface area contributed by atoms with Crippen molar-refractivity contribution in [2.75, 3.05) is 13.1 Å². The van der Waals surface area contributed by atoms with E-state index in [1.54, 1.807) is 0 Å². The highest BCUT2D eigenvalue weighted by atomic mass is 16.1. The zero-order chi connectivity index (χ0) is 14.4. The second kappa shape index (κ2) is 7.01. The molecule has 0 unspecified atom stereocenters. The molecule has 0 aliphatic heterocycles. The summed E-state index contributed by atoms with van der Waals surface area (Å²) in [6.45, 7) is 5.90. The van der Waals surface area contributed by atoms with Gasteiger partial charge in [0.2, 0.25) is 0 Å². The Labute approximate surface area is 121 Å². The van der Waals surface area contributed by atoms with Gasteiger partial charge in [0.25, 0.3) is 0 Å². The first-order valence-corrected chi connectivity index (χ1v) is 7.16. The second-order valence-corrected chi connectivity index (χ2v) is 4.76. The Kier molecular flexibility index (Phi) is 5.08. The Morgan fingerprint density at radius 2 is 1.40 bits per heavy atom. The van der Waals surface area contributed by atoms with E-state index in [1.165, 1.54) is 0 Å². The van der Waals surface area contributed by atoms with E-state index in [4.69, 9.17) is 0 Å². The van der Waals surface area contributed by atoms with Crippen LogP contribution in [0, 0.1) is 0 Å². The van der Waals surface area contributed by atoms with Gasteiger partial charge in [0.15, 0.2) is 5.78 Å². The molecule has 0 amide bonds. The van der Waals surface area contributed by atoms with E-state index in [0.717, 1.165) is 24.2 Å². The number of hydrogen-bond acceptors (Lipinski definition) is 2. The van der Waals surface area contributed by atoms with E-state index in [9.17, 15) is 4.79 Å². The molecular formula is C18H21NO. The van der Waals surface area contributed by atoms with Gasteiger partial charge in [-0.2, -0.15) is 0 Å². The van der Waals surface area contributed by atoms with Gasteiger partial charge in [-0.1, -0.05) is 74.5 Å². The summed E-state index contributed by atoms with van der Waals surface area (Å²) in [5.41, 5.74) is 1.83. The van der Waals surface area contributed by atoms with Crippen molar-refractivity contribution in [2.24, 2.45) is 0 Å². The van der Waals surface area contributed by atoms with Gasteiger partial charge in [-0.25, -0.2) is 0 Å². The zero-order valence-electron chi connectivity index (χ0n) is 12.1. The molecule has 2 nitrogen and oxygen atoms in total. The highest BCUT2D eigenvalue weighted by Gasteiger charge is 2.26. The third kappa shape index (κ3) is 3.14. The van der Waals surface area contributed by atoms with Crippen LogP contribution < -0.4 is 0 Å². The van der Waals surface area contributed by atoms with Crippen molar-refractivity contribution < 1.29 is 4.79 Å². The summed E-state index contributed by atoms with van der Waals surface area (Å²) in [4.78, 5) is 15.1. The van der Waals surface area contributed by atoms with E-state index in [0.29, 0.717) is 0 Å². The number of hydrogen-bond donors (Lipinski definition) is 0. The summed E-state index contributed by atoms with van der Waals surface area (Å²) in [5, 5.41) is 0. The highest BCUT2D eigenvalue weighted by Crippen LogP contribution is 2.24. The maximum absolute atomic E-state index is 12.9. The number of carbonyl (C=O) groups excluding carboxylic acids is 1. The SMILES string of the molecule is CCN(CC)[C@@H](C(=O)c1ccccc1)c1ccccc1. The van der Waals surface area contributed by atoms with Crippen molar-refractivity contribution in [1.82, 2.24) is 4.90 Å². The zero-order valence-corrected chi connectivity index (χ0v) is 12.1.